The number of aryl methyl sites for hydroxylation is 1. The number of benzene rings is 2. The van der Waals surface area contributed by atoms with E-state index in [-0.39, 0.29) is 6.61 Å². The van der Waals surface area contributed by atoms with Crippen molar-refractivity contribution in [2.24, 2.45) is 0 Å². The van der Waals surface area contributed by atoms with Crippen LogP contribution in [0.15, 0.2) is 42.5 Å². The Bertz CT molecular complexity index is 877. The molecule has 2 heterocycles. The van der Waals surface area contributed by atoms with Crippen LogP contribution in [0.1, 0.15) is 36.8 Å². The molecule has 0 bridgehead atoms. The largest absolute Gasteiger partial charge is 0.492 e. The molecule has 6 heteroatoms. The van der Waals surface area contributed by atoms with Gasteiger partial charge in [0.05, 0.1) is 5.02 Å². The third-order valence-corrected chi connectivity index (χ3v) is 6.86. The number of nitrogens with zero attached hydrogens (tertiary/aromatic N) is 2. The van der Waals surface area contributed by atoms with Crippen LogP contribution in [0.25, 0.3) is 0 Å². The van der Waals surface area contributed by atoms with Gasteiger partial charge in [-0.1, -0.05) is 29.8 Å². The maximum absolute atomic E-state index is 11.0. The Morgan fingerprint density at radius 1 is 0.969 bits per heavy atom. The van der Waals surface area contributed by atoms with Crippen LogP contribution in [0.2, 0.25) is 5.02 Å². The van der Waals surface area contributed by atoms with Gasteiger partial charge in [0.2, 0.25) is 0 Å². The molecule has 0 amide bonds. The van der Waals surface area contributed by atoms with Crippen LogP contribution in [0.3, 0.4) is 0 Å². The number of hydrogen-bond acceptors (Lipinski definition) is 5. The lowest BCUT2D eigenvalue weighted by Gasteiger charge is -2.38. The highest BCUT2D eigenvalue weighted by Crippen LogP contribution is 2.29. The molecule has 2 saturated heterocycles. The SMILES string of the molecule is Cc1ccc(Cl)c(OCC2(O)CCN(Cc3cccc(OCCN4CCCC4)c3)CC2)c1. The summed E-state index contributed by atoms with van der Waals surface area (Å²) >= 11 is 6.22. The van der Waals surface area contributed by atoms with Gasteiger partial charge < -0.3 is 14.6 Å². The average molecular weight is 459 g/mol. The molecular weight excluding hydrogens is 424 g/mol. The zero-order valence-corrected chi connectivity index (χ0v) is 19.8. The summed E-state index contributed by atoms with van der Waals surface area (Å²) in [7, 11) is 0. The summed E-state index contributed by atoms with van der Waals surface area (Å²) in [4.78, 5) is 4.85. The fraction of sp³-hybridized carbons (Fsp3) is 0.538. The van der Waals surface area contributed by atoms with E-state index in [4.69, 9.17) is 21.1 Å². The highest BCUT2D eigenvalue weighted by atomic mass is 35.5. The van der Waals surface area contributed by atoms with Gasteiger partial charge in [-0.3, -0.25) is 9.80 Å². The summed E-state index contributed by atoms with van der Waals surface area (Å²) in [6, 6.07) is 14.1. The minimum Gasteiger partial charge on any atom is -0.492 e. The second-order valence-electron chi connectivity index (χ2n) is 9.27. The molecule has 4 rings (SSSR count). The zero-order valence-electron chi connectivity index (χ0n) is 19.1. The van der Waals surface area contributed by atoms with Crippen molar-refractivity contribution in [1.82, 2.24) is 9.80 Å². The number of aliphatic hydroxyl groups is 1. The van der Waals surface area contributed by atoms with E-state index >= 15 is 0 Å². The van der Waals surface area contributed by atoms with E-state index in [0.717, 1.165) is 44.1 Å². The van der Waals surface area contributed by atoms with E-state index < -0.39 is 5.60 Å². The molecule has 0 saturated carbocycles. The molecule has 0 spiro atoms. The second-order valence-corrected chi connectivity index (χ2v) is 9.67. The molecule has 1 N–H and O–H groups in total. The van der Waals surface area contributed by atoms with Crippen LogP contribution >= 0.6 is 11.6 Å². The van der Waals surface area contributed by atoms with Crippen molar-refractivity contribution < 1.29 is 14.6 Å². The summed E-state index contributed by atoms with van der Waals surface area (Å²) in [5.74, 6) is 1.59. The summed E-state index contributed by atoms with van der Waals surface area (Å²) in [5.41, 5.74) is 1.52. The van der Waals surface area contributed by atoms with Gasteiger partial charge in [-0.05, 0) is 81.1 Å². The van der Waals surface area contributed by atoms with Gasteiger partial charge >= 0.3 is 0 Å². The van der Waals surface area contributed by atoms with Crippen LogP contribution in [0, 0.1) is 6.92 Å². The van der Waals surface area contributed by atoms with E-state index in [9.17, 15) is 5.11 Å². The molecule has 2 aromatic carbocycles. The Morgan fingerprint density at radius 3 is 2.53 bits per heavy atom. The van der Waals surface area contributed by atoms with Crippen LogP contribution in [0.5, 0.6) is 11.5 Å². The van der Waals surface area contributed by atoms with E-state index in [1.165, 1.54) is 31.5 Å². The normalized spacial score (nSPS) is 19.2. The highest BCUT2D eigenvalue weighted by Gasteiger charge is 2.33. The van der Waals surface area contributed by atoms with E-state index in [1.807, 2.05) is 31.2 Å². The minimum atomic E-state index is -0.815. The molecule has 2 fully saturated rings. The highest BCUT2D eigenvalue weighted by molar-refractivity contribution is 6.32. The van der Waals surface area contributed by atoms with E-state index in [1.54, 1.807) is 0 Å². The van der Waals surface area contributed by atoms with Crippen LogP contribution in [-0.4, -0.2) is 66.4 Å². The number of piperidine rings is 1. The Balaban J connectivity index is 1.22. The zero-order chi connectivity index (χ0) is 22.4. The van der Waals surface area contributed by atoms with Gasteiger partial charge in [-0.15, -0.1) is 0 Å². The second kappa shape index (κ2) is 10.9. The molecular formula is C26H35ClN2O3. The lowest BCUT2D eigenvalue weighted by molar-refractivity contribution is -0.0537. The third kappa shape index (κ3) is 6.61. The number of likely N-dealkylation sites (tertiary alicyclic amines) is 2. The molecule has 0 atom stereocenters. The van der Waals surface area contributed by atoms with Crippen LogP contribution in [-0.2, 0) is 6.54 Å². The van der Waals surface area contributed by atoms with Crippen molar-refractivity contribution >= 4 is 11.6 Å². The predicted molar refractivity (Wildman–Crippen MR) is 129 cm³/mol. The van der Waals surface area contributed by atoms with Gasteiger partial charge in [0.1, 0.15) is 30.3 Å². The number of halogens is 1. The van der Waals surface area contributed by atoms with E-state index in [0.29, 0.717) is 23.6 Å². The molecule has 0 aliphatic carbocycles. The van der Waals surface area contributed by atoms with Gasteiger partial charge in [0.15, 0.2) is 0 Å². The summed E-state index contributed by atoms with van der Waals surface area (Å²) < 4.78 is 11.9. The van der Waals surface area contributed by atoms with E-state index in [2.05, 4.69) is 28.0 Å². The Hall–Kier alpha value is -1.79. The molecule has 32 heavy (non-hydrogen) atoms. The first-order chi connectivity index (χ1) is 15.5. The number of hydrogen-bond donors (Lipinski definition) is 1. The quantitative estimate of drug-likeness (QED) is 0.598. The smallest absolute Gasteiger partial charge is 0.138 e. The Kier molecular flexibility index (Phi) is 7.95. The Labute approximate surface area is 196 Å². The molecule has 2 aliphatic rings. The standard InChI is InChI=1S/C26H35ClN2O3/c1-21-7-8-24(27)25(17-21)32-20-26(30)9-13-29(14-10-26)19-22-5-4-6-23(18-22)31-16-15-28-11-2-3-12-28/h4-8,17-18,30H,2-3,9-16,19-20H2,1H3. The molecule has 0 aromatic heterocycles. The lowest BCUT2D eigenvalue weighted by Crippen LogP contribution is -2.47. The molecule has 2 aromatic rings. The van der Waals surface area contributed by atoms with Crippen LogP contribution < -0.4 is 9.47 Å². The number of ether oxygens (including phenoxy) is 2. The number of rotatable bonds is 9. The molecule has 174 valence electrons. The van der Waals surface area contributed by atoms with Gasteiger partial charge in [-0.25, -0.2) is 0 Å². The third-order valence-electron chi connectivity index (χ3n) is 6.55. The predicted octanol–water partition coefficient (Wildman–Crippen LogP) is 4.53. The van der Waals surface area contributed by atoms with Crippen LogP contribution in [0.4, 0.5) is 0 Å². The van der Waals surface area contributed by atoms with Gasteiger partial charge in [-0.2, -0.15) is 0 Å². The monoisotopic (exact) mass is 458 g/mol. The fourth-order valence-corrected chi connectivity index (χ4v) is 4.67. The van der Waals surface area contributed by atoms with Crippen molar-refractivity contribution in [3.63, 3.8) is 0 Å². The molecule has 5 nitrogen and oxygen atoms in total. The van der Waals surface area contributed by atoms with Crippen molar-refractivity contribution in [3.05, 3.63) is 58.6 Å². The van der Waals surface area contributed by atoms with Gasteiger partial charge in [0, 0.05) is 26.2 Å². The first-order valence-corrected chi connectivity index (χ1v) is 12.1. The summed E-state index contributed by atoms with van der Waals surface area (Å²) in [5, 5.41) is 11.6. The van der Waals surface area contributed by atoms with Gasteiger partial charge in [0.25, 0.3) is 0 Å². The fourth-order valence-electron chi connectivity index (χ4n) is 4.50. The lowest BCUT2D eigenvalue weighted by atomic mass is 9.92. The first kappa shape index (κ1) is 23.4. The molecule has 2 aliphatic heterocycles. The maximum atomic E-state index is 11.0. The van der Waals surface area contributed by atoms with Crippen molar-refractivity contribution in [2.75, 3.05) is 45.9 Å². The minimum absolute atomic E-state index is 0.268. The van der Waals surface area contributed by atoms with Crippen molar-refractivity contribution in [3.8, 4) is 11.5 Å². The average Bonchev–Trinajstić information content (AvgIpc) is 3.30. The molecule has 0 unspecified atom stereocenters. The first-order valence-electron chi connectivity index (χ1n) is 11.8. The Morgan fingerprint density at radius 2 is 1.75 bits per heavy atom. The summed E-state index contributed by atoms with van der Waals surface area (Å²) in [6.45, 7) is 8.96. The van der Waals surface area contributed by atoms with Crippen molar-refractivity contribution in [1.29, 1.82) is 0 Å². The topological polar surface area (TPSA) is 45.2 Å². The molecule has 0 radical (unpaired) electrons. The maximum Gasteiger partial charge on any atom is 0.138 e. The summed E-state index contributed by atoms with van der Waals surface area (Å²) in [6.07, 6.45) is 3.99. The van der Waals surface area contributed by atoms with Crippen molar-refractivity contribution in [2.45, 2.75) is 44.8 Å².